The normalized spacial score (nSPS) is 11.9. The maximum Gasteiger partial charge on any atom is 0.308 e. The first-order valence-corrected chi connectivity index (χ1v) is 7.71. The molecule has 0 aromatic heterocycles. The summed E-state index contributed by atoms with van der Waals surface area (Å²) in [4.78, 5) is 11.7. The fourth-order valence-electron chi connectivity index (χ4n) is 2.31. The molecule has 0 atom stereocenters. The molecule has 0 amide bonds. The molecule has 6 nitrogen and oxygen atoms in total. The maximum absolute atomic E-state index is 11.7. The molecule has 0 aliphatic rings. The van der Waals surface area contributed by atoms with E-state index in [0.29, 0.717) is 12.8 Å². The van der Waals surface area contributed by atoms with Gasteiger partial charge in [0.2, 0.25) is 0 Å². The number of esters is 1. The van der Waals surface area contributed by atoms with E-state index in [2.05, 4.69) is 0 Å². The lowest BCUT2D eigenvalue weighted by molar-refractivity contribution is -0.146. The minimum atomic E-state index is -0.131. The molecule has 21 heavy (non-hydrogen) atoms. The second-order valence-electron chi connectivity index (χ2n) is 5.47. The van der Waals surface area contributed by atoms with Crippen LogP contribution in [0.25, 0.3) is 0 Å². The van der Waals surface area contributed by atoms with Crippen LogP contribution in [0.3, 0.4) is 0 Å². The summed E-state index contributed by atoms with van der Waals surface area (Å²) in [5.41, 5.74) is 10.6. The van der Waals surface area contributed by atoms with Crippen molar-refractivity contribution < 1.29 is 9.53 Å². The fourth-order valence-corrected chi connectivity index (χ4v) is 2.31. The van der Waals surface area contributed by atoms with E-state index in [-0.39, 0.29) is 23.6 Å². The third-order valence-corrected chi connectivity index (χ3v) is 3.53. The molecule has 0 saturated carbocycles. The van der Waals surface area contributed by atoms with Gasteiger partial charge in [0.15, 0.2) is 0 Å². The predicted molar refractivity (Wildman–Crippen MR) is 85.5 cm³/mol. The number of hydrogen-bond donors (Lipinski definition) is 4. The fraction of sp³-hybridized carbons (Fsp3) is 0.800. The molecule has 6 heteroatoms. The highest BCUT2D eigenvalue weighted by Gasteiger charge is 2.18. The van der Waals surface area contributed by atoms with Crippen LogP contribution in [0.15, 0.2) is 0 Å². The summed E-state index contributed by atoms with van der Waals surface area (Å²) < 4.78 is 4.86. The standard InChI is InChI=1S/C15H30N4O2/c1-21-15(20)12(8-4-2-6-10-13(16)17)9-5-3-7-11-14(18)19/h12H,2-11H2,1H3,(H3,16,17)(H3,18,19). The number of hydrogen-bond acceptors (Lipinski definition) is 4. The second-order valence-corrected chi connectivity index (χ2v) is 5.47. The Labute approximate surface area is 127 Å². The molecule has 0 aromatic carbocycles. The smallest absolute Gasteiger partial charge is 0.308 e. The van der Waals surface area contributed by atoms with Gasteiger partial charge in [-0.2, -0.15) is 0 Å². The van der Waals surface area contributed by atoms with Crippen LogP contribution in [-0.4, -0.2) is 24.8 Å². The molecule has 0 saturated heterocycles. The molecule has 0 fully saturated rings. The van der Waals surface area contributed by atoms with Crippen LogP contribution < -0.4 is 11.5 Å². The Morgan fingerprint density at radius 2 is 1.33 bits per heavy atom. The topological polar surface area (TPSA) is 126 Å². The molecule has 0 aromatic rings. The molecule has 0 heterocycles. The van der Waals surface area contributed by atoms with E-state index in [1.807, 2.05) is 0 Å². The van der Waals surface area contributed by atoms with Crippen LogP contribution in [0.2, 0.25) is 0 Å². The molecule has 0 rings (SSSR count). The Morgan fingerprint density at radius 1 is 0.905 bits per heavy atom. The third-order valence-electron chi connectivity index (χ3n) is 3.53. The van der Waals surface area contributed by atoms with E-state index in [4.69, 9.17) is 27.0 Å². The summed E-state index contributed by atoms with van der Waals surface area (Å²) in [6.07, 6.45) is 8.62. The number of methoxy groups -OCH3 is 1. The van der Waals surface area contributed by atoms with Crippen molar-refractivity contribution in [3.63, 3.8) is 0 Å². The van der Waals surface area contributed by atoms with Crippen molar-refractivity contribution in [2.24, 2.45) is 17.4 Å². The highest BCUT2D eigenvalue weighted by Crippen LogP contribution is 2.19. The quantitative estimate of drug-likeness (QED) is 0.180. The predicted octanol–water partition coefficient (Wildman–Crippen LogP) is 2.55. The molecule has 0 radical (unpaired) electrons. The summed E-state index contributed by atoms with van der Waals surface area (Å²) in [5, 5.41) is 14.3. The first kappa shape index (κ1) is 19.4. The van der Waals surface area contributed by atoms with Gasteiger partial charge in [0, 0.05) is 12.8 Å². The lowest BCUT2D eigenvalue weighted by Crippen LogP contribution is -2.16. The van der Waals surface area contributed by atoms with Crippen LogP contribution in [-0.2, 0) is 9.53 Å². The number of unbranched alkanes of at least 4 members (excludes halogenated alkanes) is 4. The minimum absolute atomic E-state index is 0.0374. The van der Waals surface area contributed by atoms with Crippen molar-refractivity contribution >= 4 is 17.6 Å². The highest BCUT2D eigenvalue weighted by molar-refractivity contribution is 5.77. The van der Waals surface area contributed by atoms with Crippen LogP contribution >= 0.6 is 0 Å². The number of ether oxygens (including phenoxy) is 1. The van der Waals surface area contributed by atoms with Crippen LogP contribution in [0.1, 0.15) is 64.2 Å². The number of nitrogens with two attached hydrogens (primary N) is 2. The zero-order chi connectivity index (χ0) is 16.1. The van der Waals surface area contributed by atoms with Gasteiger partial charge in [0.25, 0.3) is 0 Å². The number of carbonyl (C=O) groups excluding carboxylic acids is 1. The first-order chi connectivity index (χ1) is 9.97. The van der Waals surface area contributed by atoms with Crippen molar-refractivity contribution in [3.05, 3.63) is 0 Å². The van der Waals surface area contributed by atoms with Gasteiger partial charge in [0.1, 0.15) is 0 Å². The number of nitrogens with one attached hydrogen (secondary N) is 2. The van der Waals surface area contributed by atoms with Gasteiger partial charge in [-0.1, -0.05) is 25.7 Å². The molecular formula is C15H30N4O2. The van der Waals surface area contributed by atoms with Crippen molar-refractivity contribution in [1.82, 2.24) is 0 Å². The van der Waals surface area contributed by atoms with E-state index in [1.54, 1.807) is 0 Å². The average molecular weight is 298 g/mol. The van der Waals surface area contributed by atoms with Crippen molar-refractivity contribution in [3.8, 4) is 0 Å². The lowest BCUT2D eigenvalue weighted by Gasteiger charge is -2.14. The molecule has 0 unspecified atom stereocenters. The van der Waals surface area contributed by atoms with E-state index in [0.717, 1.165) is 51.4 Å². The Bertz CT molecular complexity index is 308. The van der Waals surface area contributed by atoms with E-state index >= 15 is 0 Å². The van der Waals surface area contributed by atoms with Gasteiger partial charge in [-0.25, -0.2) is 0 Å². The Hall–Kier alpha value is -1.59. The van der Waals surface area contributed by atoms with Crippen molar-refractivity contribution in [2.75, 3.05) is 7.11 Å². The second kappa shape index (κ2) is 12.2. The van der Waals surface area contributed by atoms with Gasteiger partial charge in [-0.15, -0.1) is 0 Å². The molecule has 6 N–H and O–H groups in total. The largest absolute Gasteiger partial charge is 0.469 e. The summed E-state index contributed by atoms with van der Waals surface area (Å²) in [6, 6.07) is 0. The molecule has 0 spiro atoms. The average Bonchev–Trinajstić information content (AvgIpc) is 2.42. The zero-order valence-electron chi connectivity index (χ0n) is 13.1. The van der Waals surface area contributed by atoms with E-state index < -0.39 is 0 Å². The molecule has 0 aliphatic heterocycles. The molecule has 0 bridgehead atoms. The van der Waals surface area contributed by atoms with Crippen molar-refractivity contribution in [2.45, 2.75) is 64.2 Å². The van der Waals surface area contributed by atoms with Crippen LogP contribution in [0.4, 0.5) is 0 Å². The van der Waals surface area contributed by atoms with E-state index in [9.17, 15) is 4.79 Å². The highest BCUT2D eigenvalue weighted by atomic mass is 16.5. The first-order valence-electron chi connectivity index (χ1n) is 7.71. The SMILES string of the molecule is COC(=O)C(CCCCCC(=N)N)CCCCCC(=N)N. The van der Waals surface area contributed by atoms with Gasteiger partial charge in [-0.3, -0.25) is 15.6 Å². The zero-order valence-corrected chi connectivity index (χ0v) is 13.1. The third kappa shape index (κ3) is 11.9. The van der Waals surface area contributed by atoms with Gasteiger partial charge in [-0.05, 0) is 25.7 Å². The van der Waals surface area contributed by atoms with Crippen molar-refractivity contribution in [1.29, 1.82) is 10.8 Å². The number of rotatable bonds is 13. The molecule has 122 valence electrons. The minimum Gasteiger partial charge on any atom is -0.469 e. The van der Waals surface area contributed by atoms with Crippen LogP contribution in [0, 0.1) is 16.7 Å². The Kier molecular flexibility index (Phi) is 11.3. The monoisotopic (exact) mass is 298 g/mol. The van der Waals surface area contributed by atoms with Crippen LogP contribution in [0.5, 0.6) is 0 Å². The molecule has 0 aliphatic carbocycles. The van der Waals surface area contributed by atoms with Gasteiger partial charge < -0.3 is 16.2 Å². The van der Waals surface area contributed by atoms with Gasteiger partial charge in [0.05, 0.1) is 24.7 Å². The summed E-state index contributed by atoms with van der Waals surface area (Å²) in [5.74, 6) is 0.285. The summed E-state index contributed by atoms with van der Waals surface area (Å²) >= 11 is 0. The molecular weight excluding hydrogens is 268 g/mol. The van der Waals surface area contributed by atoms with Gasteiger partial charge >= 0.3 is 5.97 Å². The Morgan fingerprint density at radius 3 is 1.67 bits per heavy atom. The lowest BCUT2D eigenvalue weighted by atomic mass is 9.94. The summed E-state index contributed by atoms with van der Waals surface area (Å²) in [7, 11) is 1.43. The number of amidine groups is 2. The Balaban J connectivity index is 3.85. The maximum atomic E-state index is 11.7. The summed E-state index contributed by atoms with van der Waals surface area (Å²) in [6.45, 7) is 0. The van der Waals surface area contributed by atoms with E-state index in [1.165, 1.54) is 7.11 Å². The number of carbonyl (C=O) groups is 1.